The van der Waals surface area contributed by atoms with Crippen LogP contribution in [0.25, 0.3) is 0 Å². The summed E-state index contributed by atoms with van der Waals surface area (Å²) in [6.45, 7) is 7.07. The number of aliphatic imine (C=N–C) groups is 1. The van der Waals surface area contributed by atoms with Crippen molar-refractivity contribution in [3.63, 3.8) is 0 Å². The molecule has 0 bridgehead atoms. The molecule has 24 heavy (non-hydrogen) atoms. The van der Waals surface area contributed by atoms with E-state index in [1.807, 2.05) is 12.1 Å². The number of fused-ring (bicyclic) bond motifs is 1. The average Bonchev–Trinajstić information content (AvgIpc) is 2.61. The lowest BCUT2D eigenvalue weighted by molar-refractivity contribution is 0.195. The number of guanidine groups is 1. The van der Waals surface area contributed by atoms with Gasteiger partial charge < -0.3 is 11.1 Å². The van der Waals surface area contributed by atoms with Crippen molar-refractivity contribution >= 4 is 11.6 Å². The normalized spacial score (nSPS) is 16.5. The van der Waals surface area contributed by atoms with Gasteiger partial charge in [-0.2, -0.15) is 0 Å². The van der Waals surface area contributed by atoms with Crippen molar-refractivity contribution in [3.8, 4) is 0 Å². The number of benzene rings is 2. The predicted molar refractivity (Wildman–Crippen MR) is 101 cm³/mol. The zero-order chi connectivity index (χ0) is 16.9. The summed E-state index contributed by atoms with van der Waals surface area (Å²) in [4.78, 5) is 6.99. The largest absolute Gasteiger partial charge is 0.370 e. The van der Waals surface area contributed by atoms with Gasteiger partial charge in [0.1, 0.15) is 0 Å². The maximum atomic E-state index is 6.02. The first-order valence-corrected chi connectivity index (χ1v) is 8.56. The van der Waals surface area contributed by atoms with E-state index in [0.717, 1.165) is 25.2 Å². The third kappa shape index (κ3) is 4.15. The Hall–Kier alpha value is -2.33. The summed E-state index contributed by atoms with van der Waals surface area (Å²) in [6, 6.07) is 17.2. The molecule has 2 aromatic carbocycles. The van der Waals surface area contributed by atoms with Crippen molar-refractivity contribution in [1.82, 2.24) is 4.90 Å². The van der Waals surface area contributed by atoms with Gasteiger partial charge in [0.15, 0.2) is 5.96 Å². The molecule has 126 valence electrons. The molecule has 1 heterocycles. The van der Waals surface area contributed by atoms with Crippen LogP contribution < -0.4 is 11.1 Å². The maximum absolute atomic E-state index is 6.02. The molecule has 0 saturated carbocycles. The van der Waals surface area contributed by atoms with Crippen molar-refractivity contribution in [1.29, 1.82) is 0 Å². The molecule has 0 spiro atoms. The summed E-state index contributed by atoms with van der Waals surface area (Å²) >= 11 is 0. The van der Waals surface area contributed by atoms with Crippen LogP contribution in [-0.4, -0.2) is 30.0 Å². The van der Waals surface area contributed by atoms with Crippen LogP contribution in [-0.2, 0) is 13.0 Å². The number of aryl methyl sites for hydroxylation is 1. The van der Waals surface area contributed by atoms with E-state index in [-0.39, 0.29) is 0 Å². The molecule has 0 amide bonds. The summed E-state index contributed by atoms with van der Waals surface area (Å²) in [5, 5.41) is 3.15. The monoisotopic (exact) mass is 322 g/mol. The number of nitrogens with two attached hydrogens (primary N) is 1. The highest BCUT2D eigenvalue weighted by atomic mass is 15.2. The van der Waals surface area contributed by atoms with E-state index >= 15 is 0 Å². The Kier molecular flexibility index (Phi) is 5.16. The molecular formula is C20H26N4. The van der Waals surface area contributed by atoms with Crippen LogP contribution in [0.2, 0.25) is 0 Å². The highest BCUT2D eigenvalue weighted by molar-refractivity contribution is 5.92. The van der Waals surface area contributed by atoms with Crippen LogP contribution in [0.1, 0.15) is 23.6 Å². The van der Waals surface area contributed by atoms with Crippen molar-refractivity contribution < 1.29 is 0 Å². The summed E-state index contributed by atoms with van der Waals surface area (Å²) in [5.74, 6) is 0.475. The van der Waals surface area contributed by atoms with Gasteiger partial charge in [-0.25, -0.2) is 0 Å². The van der Waals surface area contributed by atoms with Crippen molar-refractivity contribution in [3.05, 3.63) is 65.2 Å². The molecule has 1 aliphatic heterocycles. The first-order chi connectivity index (χ1) is 11.6. The summed E-state index contributed by atoms with van der Waals surface area (Å²) in [6.07, 6.45) is 1.11. The molecule has 0 saturated heterocycles. The number of hydrogen-bond acceptors (Lipinski definition) is 2. The predicted octanol–water partition coefficient (Wildman–Crippen LogP) is 3.17. The number of nitrogens with zero attached hydrogens (tertiary/aromatic N) is 2. The fourth-order valence-electron chi connectivity index (χ4n) is 3.06. The highest BCUT2D eigenvalue weighted by Crippen LogP contribution is 2.20. The zero-order valence-corrected chi connectivity index (χ0v) is 14.5. The Morgan fingerprint density at radius 3 is 2.62 bits per heavy atom. The molecule has 0 aliphatic carbocycles. The van der Waals surface area contributed by atoms with Gasteiger partial charge in [-0.05, 0) is 43.5 Å². The van der Waals surface area contributed by atoms with Crippen molar-refractivity contribution in [2.45, 2.75) is 32.9 Å². The van der Waals surface area contributed by atoms with Crippen molar-refractivity contribution in [2.75, 3.05) is 18.4 Å². The first-order valence-electron chi connectivity index (χ1n) is 8.56. The van der Waals surface area contributed by atoms with E-state index in [2.05, 4.69) is 65.5 Å². The van der Waals surface area contributed by atoms with E-state index in [1.54, 1.807) is 0 Å². The lowest BCUT2D eigenvalue weighted by Gasteiger charge is -2.33. The minimum absolute atomic E-state index is 0.372. The standard InChI is InChI=1S/C20H26N4/c1-15-7-9-19(10-8-15)23-20(21)22-13-16(2)24-12-11-17-5-3-4-6-18(17)14-24/h3-10,16H,11-14H2,1-2H3,(H3,21,22,23). The number of anilines is 1. The molecule has 3 rings (SSSR count). The molecule has 4 nitrogen and oxygen atoms in total. The fraction of sp³-hybridized carbons (Fsp3) is 0.350. The average molecular weight is 322 g/mol. The van der Waals surface area contributed by atoms with E-state index in [1.165, 1.54) is 16.7 Å². The maximum Gasteiger partial charge on any atom is 0.193 e. The SMILES string of the molecule is Cc1ccc(NC(N)=NCC(C)N2CCc3ccccc3C2)cc1. The molecule has 4 heteroatoms. The van der Waals surface area contributed by atoms with Gasteiger partial charge in [0.25, 0.3) is 0 Å². The highest BCUT2D eigenvalue weighted by Gasteiger charge is 2.19. The molecule has 1 atom stereocenters. The van der Waals surface area contributed by atoms with Crippen LogP contribution in [0.4, 0.5) is 5.69 Å². The zero-order valence-electron chi connectivity index (χ0n) is 14.5. The van der Waals surface area contributed by atoms with Crippen LogP contribution in [0.3, 0.4) is 0 Å². The second-order valence-electron chi connectivity index (χ2n) is 6.56. The van der Waals surface area contributed by atoms with E-state index in [4.69, 9.17) is 5.73 Å². The minimum atomic E-state index is 0.372. The minimum Gasteiger partial charge on any atom is -0.370 e. The Morgan fingerprint density at radius 2 is 1.88 bits per heavy atom. The number of hydrogen-bond donors (Lipinski definition) is 2. The summed E-state index contributed by atoms with van der Waals surface area (Å²) < 4.78 is 0. The van der Waals surface area contributed by atoms with Crippen LogP contribution in [0, 0.1) is 6.92 Å². The van der Waals surface area contributed by atoms with Crippen LogP contribution >= 0.6 is 0 Å². The van der Waals surface area contributed by atoms with Crippen molar-refractivity contribution in [2.24, 2.45) is 10.7 Å². The molecule has 3 N–H and O–H groups in total. The molecule has 0 radical (unpaired) electrons. The van der Waals surface area contributed by atoms with Gasteiger partial charge >= 0.3 is 0 Å². The van der Waals surface area contributed by atoms with Gasteiger partial charge in [-0.1, -0.05) is 42.0 Å². The molecular weight excluding hydrogens is 296 g/mol. The van der Waals surface area contributed by atoms with Gasteiger partial charge in [-0.3, -0.25) is 9.89 Å². The van der Waals surface area contributed by atoms with E-state index in [9.17, 15) is 0 Å². The smallest absolute Gasteiger partial charge is 0.193 e. The van der Waals surface area contributed by atoms with Crippen LogP contribution in [0.15, 0.2) is 53.5 Å². The molecule has 1 unspecified atom stereocenters. The quantitative estimate of drug-likeness (QED) is 0.671. The second kappa shape index (κ2) is 7.49. The third-order valence-corrected chi connectivity index (χ3v) is 4.63. The van der Waals surface area contributed by atoms with Gasteiger partial charge in [0.2, 0.25) is 0 Å². The Balaban J connectivity index is 1.55. The topological polar surface area (TPSA) is 53.6 Å². The molecule has 1 aliphatic rings. The van der Waals surface area contributed by atoms with Gasteiger partial charge in [0, 0.05) is 24.8 Å². The first kappa shape index (κ1) is 16.5. The van der Waals surface area contributed by atoms with Gasteiger partial charge in [0.05, 0.1) is 6.54 Å². The number of rotatable bonds is 4. The third-order valence-electron chi connectivity index (χ3n) is 4.63. The lowest BCUT2D eigenvalue weighted by Crippen LogP contribution is -2.39. The Labute approximate surface area is 144 Å². The number of nitrogens with one attached hydrogen (secondary N) is 1. The van der Waals surface area contributed by atoms with E-state index in [0.29, 0.717) is 18.5 Å². The van der Waals surface area contributed by atoms with E-state index < -0.39 is 0 Å². The Bertz CT molecular complexity index is 706. The fourth-order valence-corrected chi connectivity index (χ4v) is 3.06. The molecule has 0 aromatic heterocycles. The molecule has 2 aromatic rings. The summed E-state index contributed by atoms with van der Waals surface area (Å²) in [7, 11) is 0. The second-order valence-corrected chi connectivity index (χ2v) is 6.56. The van der Waals surface area contributed by atoms with Gasteiger partial charge in [-0.15, -0.1) is 0 Å². The molecule has 0 fully saturated rings. The summed E-state index contributed by atoms with van der Waals surface area (Å²) in [5.41, 5.74) is 11.1. The lowest BCUT2D eigenvalue weighted by atomic mass is 9.99. The Morgan fingerprint density at radius 1 is 1.17 bits per heavy atom. The van der Waals surface area contributed by atoms with Crippen LogP contribution in [0.5, 0.6) is 0 Å².